The summed E-state index contributed by atoms with van der Waals surface area (Å²) in [4.78, 5) is 17.3. The van der Waals surface area contributed by atoms with Crippen molar-refractivity contribution >= 4 is 27.3 Å². The highest BCUT2D eigenvalue weighted by Crippen LogP contribution is 2.12. The third kappa shape index (κ3) is 2.95. The van der Waals surface area contributed by atoms with Crippen LogP contribution in [0, 0.1) is 0 Å². The van der Waals surface area contributed by atoms with Crippen LogP contribution in [0.5, 0.6) is 0 Å². The van der Waals surface area contributed by atoms with E-state index in [4.69, 9.17) is 11.6 Å². The lowest BCUT2D eigenvalue weighted by Crippen LogP contribution is -2.43. The van der Waals surface area contributed by atoms with Crippen molar-refractivity contribution in [2.75, 3.05) is 24.6 Å². The molecular formula is C10H11ClN2O3S. The van der Waals surface area contributed by atoms with Gasteiger partial charge in [0.25, 0.3) is 5.91 Å². The largest absolute Gasteiger partial charge is 0.337 e. The normalized spacial score (nSPS) is 19.0. The first kappa shape index (κ1) is 12.3. The van der Waals surface area contributed by atoms with Gasteiger partial charge in [-0.15, -0.1) is 0 Å². The van der Waals surface area contributed by atoms with E-state index in [0.717, 1.165) is 0 Å². The molecule has 0 unspecified atom stereocenters. The Labute approximate surface area is 104 Å². The first-order valence-corrected chi connectivity index (χ1v) is 7.29. The summed E-state index contributed by atoms with van der Waals surface area (Å²) in [6.07, 6.45) is 1.45. The minimum Gasteiger partial charge on any atom is -0.337 e. The molecule has 0 spiro atoms. The molecule has 5 nitrogen and oxygen atoms in total. The van der Waals surface area contributed by atoms with Gasteiger partial charge in [0.05, 0.1) is 11.5 Å². The fourth-order valence-corrected chi connectivity index (χ4v) is 3.01. The molecule has 0 radical (unpaired) electrons. The van der Waals surface area contributed by atoms with E-state index >= 15 is 0 Å². The number of amides is 1. The Hall–Kier alpha value is -1.14. The van der Waals surface area contributed by atoms with E-state index in [0.29, 0.717) is 5.56 Å². The first-order valence-electron chi connectivity index (χ1n) is 5.09. The topological polar surface area (TPSA) is 67.3 Å². The van der Waals surface area contributed by atoms with Crippen molar-refractivity contribution in [2.24, 2.45) is 0 Å². The molecule has 1 saturated heterocycles. The molecule has 0 aromatic carbocycles. The fourth-order valence-electron chi connectivity index (χ4n) is 1.63. The molecule has 1 aliphatic rings. The molecule has 0 N–H and O–H groups in total. The van der Waals surface area contributed by atoms with Gasteiger partial charge in [-0.1, -0.05) is 11.6 Å². The average Bonchev–Trinajstić information content (AvgIpc) is 2.28. The van der Waals surface area contributed by atoms with Gasteiger partial charge in [0.15, 0.2) is 9.84 Å². The molecule has 1 aliphatic heterocycles. The monoisotopic (exact) mass is 274 g/mol. The van der Waals surface area contributed by atoms with E-state index in [9.17, 15) is 13.2 Å². The van der Waals surface area contributed by atoms with Crippen molar-refractivity contribution < 1.29 is 13.2 Å². The summed E-state index contributed by atoms with van der Waals surface area (Å²) >= 11 is 5.70. The molecule has 92 valence electrons. The maximum absolute atomic E-state index is 12.0. The summed E-state index contributed by atoms with van der Waals surface area (Å²) in [6, 6.07) is 3.05. The van der Waals surface area contributed by atoms with Crippen LogP contribution in [0.2, 0.25) is 5.15 Å². The minimum atomic E-state index is -2.97. The predicted octanol–water partition coefficient (Wildman–Crippen LogP) is 0.606. The summed E-state index contributed by atoms with van der Waals surface area (Å²) in [5.41, 5.74) is 0.435. The van der Waals surface area contributed by atoms with Crippen molar-refractivity contribution in [3.05, 3.63) is 29.0 Å². The highest BCUT2D eigenvalue weighted by Gasteiger charge is 2.25. The Morgan fingerprint density at radius 3 is 2.59 bits per heavy atom. The molecule has 17 heavy (non-hydrogen) atoms. The maximum atomic E-state index is 12.0. The van der Waals surface area contributed by atoms with Crippen molar-refractivity contribution in [1.82, 2.24) is 9.88 Å². The van der Waals surface area contributed by atoms with Gasteiger partial charge in [-0.25, -0.2) is 13.4 Å². The zero-order chi connectivity index (χ0) is 12.5. The SMILES string of the molecule is O=C(c1ccnc(Cl)c1)N1CCS(=O)(=O)CC1. The lowest BCUT2D eigenvalue weighted by Gasteiger charge is -2.26. The Bertz CT molecular complexity index is 530. The first-order chi connectivity index (χ1) is 7.98. The smallest absolute Gasteiger partial charge is 0.254 e. The second-order valence-corrected chi connectivity index (χ2v) is 6.50. The minimum absolute atomic E-state index is 0.0254. The lowest BCUT2D eigenvalue weighted by atomic mass is 10.2. The second-order valence-electron chi connectivity index (χ2n) is 3.81. The van der Waals surface area contributed by atoms with Crippen LogP contribution in [-0.4, -0.2) is 48.8 Å². The number of hydrogen-bond acceptors (Lipinski definition) is 4. The van der Waals surface area contributed by atoms with E-state index in [1.807, 2.05) is 0 Å². The second kappa shape index (κ2) is 4.62. The average molecular weight is 275 g/mol. The summed E-state index contributed by atoms with van der Waals surface area (Å²) in [7, 11) is -2.97. The third-order valence-corrected chi connectivity index (χ3v) is 4.42. The summed E-state index contributed by atoms with van der Waals surface area (Å²) in [5.74, 6) is -0.154. The molecule has 2 heterocycles. The summed E-state index contributed by atoms with van der Waals surface area (Å²) in [6.45, 7) is 0.474. The van der Waals surface area contributed by atoms with Crippen LogP contribution < -0.4 is 0 Å². The number of halogens is 1. The number of pyridine rings is 1. The lowest BCUT2D eigenvalue weighted by molar-refractivity contribution is 0.0770. The summed E-state index contributed by atoms with van der Waals surface area (Å²) < 4.78 is 22.5. The van der Waals surface area contributed by atoms with Crippen LogP contribution in [0.1, 0.15) is 10.4 Å². The van der Waals surface area contributed by atoms with Crippen molar-refractivity contribution in [3.8, 4) is 0 Å². The molecule has 1 aromatic heterocycles. The van der Waals surface area contributed by atoms with Gasteiger partial charge in [0, 0.05) is 24.8 Å². The highest BCUT2D eigenvalue weighted by molar-refractivity contribution is 7.91. The van der Waals surface area contributed by atoms with Crippen LogP contribution >= 0.6 is 11.6 Å². The van der Waals surface area contributed by atoms with Gasteiger partial charge in [-0.2, -0.15) is 0 Å². The number of nitrogens with zero attached hydrogens (tertiary/aromatic N) is 2. The molecule has 1 amide bonds. The van der Waals surface area contributed by atoms with Crippen LogP contribution in [0.4, 0.5) is 0 Å². The van der Waals surface area contributed by atoms with E-state index in [2.05, 4.69) is 4.98 Å². The van der Waals surface area contributed by atoms with E-state index in [-0.39, 0.29) is 35.7 Å². The number of sulfone groups is 1. The van der Waals surface area contributed by atoms with Crippen LogP contribution in [-0.2, 0) is 9.84 Å². The molecule has 0 atom stereocenters. The van der Waals surface area contributed by atoms with Crippen LogP contribution in [0.3, 0.4) is 0 Å². The number of aromatic nitrogens is 1. The van der Waals surface area contributed by atoms with Gasteiger partial charge in [0.2, 0.25) is 0 Å². The van der Waals surface area contributed by atoms with Gasteiger partial charge in [0.1, 0.15) is 5.15 Å². The number of rotatable bonds is 1. The molecular weight excluding hydrogens is 264 g/mol. The zero-order valence-electron chi connectivity index (χ0n) is 8.97. The van der Waals surface area contributed by atoms with Gasteiger partial charge >= 0.3 is 0 Å². The Kier molecular flexibility index (Phi) is 3.35. The van der Waals surface area contributed by atoms with Crippen molar-refractivity contribution in [1.29, 1.82) is 0 Å². The van der Waals surface area contributed by atoms with E-state index in [1.54, 1.807) is 6.07 Å². The molecule has 7 heteroatoms. The quantitative estimate of drug-likeness (QED) is 0.704. The van der Waals surface area contributed by atoms with Gasteiger partial charge in [-0.05, 0) is 12.1 Å². The molecule has 0 bridgehead atoms. The molecule has 1 aromatic rings. The Balaban J connectivity index is 2.12. The van der Waals surface area contributed by atoms with Crippen molar-refractivity contribution in [3.63, 3.8) is 0 Å². The van der Waals surface area contributed by atoms with Gasteiger partial charge < -0.3 is 4.90 Å². The fraction of sp³-hybridized carbons (Fsp3) is 0.400. The van der Waals surface area contributed by atoms with Gasteiger partial charge in [-0.3, -0.25) is 4.79 Å². The van der Waals surface area contributed by atoms with Crippen LogP contribution in [0.25, 0.3) is 0 Å². The molecule has 0 aliphatic carbocycles. The molecule has 2 rings (SSSR count). The van der Waals surface area contributed by atoms with E-state index < -0.39 is 9.84 Å². The summed E-state index contributed by atoms with van der Waals surface area (Å²) in [5, 5.41) is 0.250. The zero-order valence-corrected chi connectivity index (χ0v) is 10.5. The number of carbonyl (C=O) groups excluding carboxylic acids is 1. The van der Waals surface area contributed by atoms with Crippen LogP contribution in [0.15, 0.2) is 18.3 Å². The van der Waals surface area contributed by atoms with Crippen molar-refractivity contribution in [2.45, 2.75) is 0 Å². The Morgan fingerprint density at radius 1 is 1.35 bits per heavy atom. The third-order valence-electron chi connectivity index (χ3n) is 2.61. The molecule has 0 saturated carbocycles. The predicted molar refractivity (Wildman–Crippen MR) is 63.8 cm³/mol. The standard InChI is InChI=1S/C10H11ClN2O3S/c11-9-7-8(1-2-12-9)10(14)13-3-5-17(15,16)6-4-13/h1-2,7H,3-6H2. The molecule has 1 fully saturated rings. The van der Waals surface area contributed by atoms with E-state index in [1.165, 1.54) is 17.2 Å². The maximum Gasteiger partial charge on any atom is 0.254 e. The highest BCUT2D eigenvalue weighted by atomic mass is 35.5. The number of carbonyl (C=O) groups is 1. The Morgan fingerprint density at radius 2 is 2.00 bits per heavy atom. The number of hydrogen-bond donors (Lipinski definition) is 0.